The maximum atomic E-state index is 13.2. The Morgan fingerprint density at radius 3 is 2.03 bits per heavy atom. The van der Waals surface area contributed by atoms with Crippen LogP contribution in [0.25, 0.3) is 10.8 Å². The molecule has 2 aliphatic rings. The molecule has 2 aliphatic carbocycles. The first-order valence-electron chi connectivity index (χ1n) is 8.75. The van der Waals surface area contributed by atoms with E-state index in [1.165, 1.54) is 17.0 Å². The highest BCUT2D eigenvalue weighted by molar-refractivity contribution is 7.83. The van der Waals surface area contributed by atoms with Gasteiger partial charge in [-0.05, 0) is 12.1 Å². The summed E-state index contributed by atoms with van der Waals surface area (Å²) < 4.78 is 36.4. The van der Waals surface area contributed by atoms with Gasteiger partial charge in [-0.3, -0.25) is 18.9 Å². The van der Waals surface area contributed by atoms with Crippen molar-refractivity contribution in [1.29, 1.82) is 0 Å². The normalized spacial score (nSPS) is 12.4. The highest BCUT2D eigenvalue weighted by Crippen LogP contribution is 2.16. The molecule has 2 aromatic rings. The third-order valence-electron chi connectivity index (χ3n) is 4.41. The third kappa shape index (κ3) is 3.92. The lowest BCUT2D eigenvalue weighted by atomic mass is 10.0. The number of nitrogens with zero attached hydrogens (tertiary/aromatic N) is 1. The van der Waals surface area contributed by atoms with E-state index < -0.39 is 31.8 Å². The first-order valence-corrected chi connectivity index (χ1v) is 10.2. The Balaban J connectivity index is 2.15. The molecule has 0 saturated carbocycles. The van der Waals surface area contributed by atoms with Gasteiger partial charge in [0.05, 0.1) is 10.4 Å². The molecule has 0 spiro atoms. The lowest BCUT2D eigenvalue weighted by Crippen LogP contribution is -2.36. The number of fused-ring (bicyclic) bond motifs is 1. The zero-order valence-corrected chi connectivity index (χ0v) is 16.3. The van der Waals surface area contributed by atoms with E-state index in [1.807, 2.05) is 5.53 Å². The van der Waals surface area contributed by atoms with Gasteiger partial charge in [0.1, 0.15) is 11.1 Å². The fourth-order valence-electron chi connectivity index (χ4n) is 3.16. The topological polar surface area (TPSA) is 151 Å². The molecule has 0 saturated heterocycles. The minimum absolute atomic E-state index is 0.0652. The molecule has 0 radical (unpaired) electrons. The van der Waals surface area contributed by atoms with Crippen LogP contribution < -0.4 is 36.7 Å². The minimum Gasteiger partial charge on any atom is -0.455 e. The van der Waals surface area contributed by atoms with E-state index in [1.54, 1.807) is 42.5 Å². The molecule has 0 unspecified atom stereocenters. The molecule has 10 nitrogen and oxygen atoms in total. The van der Waals surface area contributed by atoms with Crippen LogP contribution in [0.1, 0.15) is 0 Å². The van der Waals surface area contributed by atoms with Crippen molar-refractivity contribution in [3.63, 3.8) is 0 Å². The fourth-order valence-corrected chi connectivity index (χ4v) is 3.32. The zero-order chi connectivity index (χ0) is 22.2. The molecule has 0 aliphatic heterocycles. The molecule has 11 heteroatoms. The number of para-hydroxylation sites is 1. The molecule has 156 valence electrons. The second kappa shape index (κ2) is 7.72. The summed E-state index contributed by atoms with van der Waals surface area (Å²) in [5.41, 5.74) is -0.191. The Labute approximate surface area is 173 Å². The number of nitrogens with one attached hydrogen (secondary N) is 2. The number of hydrogen-bond acceptors (Lipinski definition) is 8. The highest BCUT2D eigenvalue weighted by atomic mass is 32.2. The van der Waals surface area contributed by atoms with Crippen LogP contribution in [0.5, 0.6) is 11.5 Å². The van der Waals surface area contributed by atoms with Crippen LogP contribution in [0.3, 0.4) is 0 Å². The van der Waals surface area contributed by atoms with Crippen molar-refractivity contribution < 1.29 is 17.7 Å². The van der Waals surface area contributed by atoms with Crippen molar-refractivity contribution in [3.8, 4) is 11.5 Å². The smallest absolute Gasteiger partial charge is 0.351 e. The summed E-state index contributed by atoms with van der Waals surface area (Å²) in [7, 11) is -4.68. The van der Waals surface area contributed by atoms with Gasteiger partial charge in [0, 0.05) is 16.8 Å². The summed E-state index contributed by atoms with van der Waals surface area (Å²) in [5.74, 6) is 0.108. The molecule has 0 bridgehead atoms. The van der Waals surface area contributed by atoms with E-state index in [4.69, 9.17) is 9.29 Å². The summed E-state index contributed by atoms with van der Waals surface area (Å²) in [5, 5.41) is 2.86. The Kier molecular flexibility index (Phi) is 5.07. The molecule has 31 heavy (non-hydrogen) atoms. The van der Waals surface area contributed by atoms with Crippen LogP contribution in [0.15, 0.2) is 80.1 Å². The molecule has 0 atom stereocenters. The molecule has 3 N–H and O–H groups in total. The largest absolute Gasteiger partial charge is 0.455 e. The number of ether oxygens (including phenoxy) is 1. The molecule has 0 aromatic heterocycles. The van der Waals surface area contributed by atoms with E-state index in [2.05, 4.69) is 5.10 Å². The minimum atomic E-state index is -4.68. The molecular weight excluding hydrogens is 426 g/mol. The SMILES string of the molecule is O=c1cc(Oc2ccccc2)/c(=N\NNS(=O)(=O)O)c2c(=O)c3ccccc3c(=O)c1=2. The van der Waals surface area contributed by atoms with Gasteiger partial charge in [0.2, 0.25) is 0 Å². The number of benzene rings is 2. The lowest BCUT2D eigenvalue weighted by molar-refractivity contribution is 0.448. The summed E-state index contributed by atoms with van der Waals surface area (Å²) in [6, 6.07) is 15.2. The van der Waals surface area contributed by atoms with E-state index >= 15 is 0 Å². The highest BCUT2D eigenvalue weighted by Gasteiger charge is 2.16. The number of rotatable bonds is 5. The number of hydrogen-bond donors (Lipinski definition) is 3. The van der Waals surface area contributed by atoms with Crippen molar-refractivity contribution in [1.82, 2.24) is 10.4 Å². The first-order chi connectivity index (χ1) is 14.8. The molecule has 2 aromatic carbocycles. The van der Waals surface area contributed by atoms with E-state index in [0.717, 1.165) is 6.07 Å². The Morgan fingerprint density at radius 1 is 0.839 bits per heavy atom. The average molecular weight is 439 g/mol. The van der Waals surface area contributed by atoms with Gasteiger partial charge in [-0.1, -0.05) is 47.3 Å². The van der Waals surface area contributed by atoms with Crippen molar-refractivity contribution in [3.05, 3.63) is 107 Å². The van der Waals surface area contributed by atoms with Gasteiger partial charge in [0.25, 0.3) is 0 Å². The lowest BCUT2D eigenvalue weighted by Gasteiger charge is -2.07. The maximum Gasteiger partial charge on any atom is 0.351 e. The molecule has 0 fully saturated rings. The summed E-state index contributed by atoms with van der Waals surface area (Å²) in [6.45, 7) is 0. The van der Waals surface area contributed by atoms with Crippen LogP contribution in [-0.2, 0) is 10.3 Å². The van der Waals surface area contributed by atoms with Crippen molar-refractivity contribution in [2.24, 2.45) is 5.10 Å². The van der Waals surface area contributed by atoms with Gasteiger partial charge in [-0.15, -0.1) is 0 Å². The standard InChI is InChI=1S/C20H13N3O7S/c24-14-10-15(30-11-6-2-1-3-7-11)18(21-22-23-31(27,28)29)17-16(14)19(25)12-8-4-5-9-13(12)20(17)26/h1-10,22-23H,(H,27,28,29)/b21-18+. The Hall–Kier alpha value is -3.93. The monoisotopic (exact) mass is 439 g/mol. The van der Waals surface area contributed by atoms with Crippen LogP contribution in [0.2, 0.25) is 0 Å². The van der Waals surface area contributed by atoms with Gasteiger partial charge >= 0.3 is 10.3 Å². The van der Waals surface area contributed by atoms with Crippen molar-refractivity contribution in [2.75, 3.05) is 0 Å². The molecule has 4 rings (SSSR count). The molecule has 0 heterocycles. The van der Waals surface area contributed by atoms with Crippen molar-refractivity contribution >= 4 is 21.1 Å². The summed E-state index contributed by atoms with van der Waals surface area (Å²) in [4.78, 5) is 40.4. The van der Waals surface area contributed by atoms with Gasteiger partial charge in [-0.25, -0.2) is 5.53 Å². The maximum absolute atomic E-state index is 13.2. The van der Waals surface area contributed by atoms with Crippen LogP contribution in [0, 0.1) is 10.4 Å². The molecule has 0 amide bonds. The summed E-state index contributed by atoms with van der Waals surface area (Å²) >= 11 is 0. The van der Waals surface area contributed by atoms with Gasteiger partial charge in [0.15, 0.2) is 22.0 Å². The first kappa shape index (κ1) is 20.3. The van der Waals surface area contributed by atoms with Crippen LogP contribution in [0.4, 0.5) is 0 Å². The Bertz CT molecular complexity index is 1690. The second-order valence-corrected chi connectivity index (χ2v) is 7.55. The van der Waals surface area contributed by atoms with Crippen molar-refractivity contribution in [2.45, 2.75) is 0 Å². The predicted molar refractivity (Wildman–Crippen MR) is 110 cm³/mol. The molecular formula is C20H13N3O7S. The van der Waals surface area contributed by atoms with Gasteiger partial charge in [-0.2, -0.15) is 13.5 Å². The van der Waals surface area contributed by atoms with E-state index in [0.29, 0.717) is 5.75 Å². The number of hydrazine groups is 1. The zero-order valence-electron chi connectivity index (χ0n) is 15.5. The summed E-state index contributed by atoms with van der Waals surface area (Å²) in [6.07, 6.45) is 0. The third-order valence-corrected chi connectivity index (χ3v) is 4.76. The van der Waals surface area contributed by atoms with Gasteiger partial charge < -0.3 is 4.74 Å². The fraction of sp³-hybridized carbons (Fsp3) is 0. The quantitative estimate of drug-likeness (QED) is 0.291. The Morgan fingerprint density at radius 2 is 1.42 bits per heavy atom. The van der Waals surface area contributed by atoms with E-state index in [-0.39, 0.29) is 27.1 Å². The predicted octanol–water partition coefficient (Wildman–Crippen LogP) is 0.0258. The average Bonchev–Trinajstić information content (AvgIpc) is 2.73. The second-order valence-electron chi connectivity index (χ2n) is 6.39. The van der Waals surface area contributed by atoms with Crippen LogP contribution >= 0.6 is 0 Å². The van der Waals surface area contributed by atoms with Crippen LogP contribution in [-0.4, -0.2) is 13.0 Å². The van der Waals surface area contributed by atoms with E-state index in [9.17, 15) is 22.8 Å².